The van der Waals surface area contributed by atoms with E-state index in [2.05, 4.69) is 86.8 Å². The number of aliphatic hydroxyl groups excluding tert-OH is 3. The lowest BCUT2D eigenvalue weighted by Gasteiger charge is -2.63. The Hall–Kier alpha value is -1.77. The van der Waals surface area contributed by atoms with E-state index in [0.29, 0.717) is 36.0 Å². The summed E-state index contributed by atoms with van der Waals surface area (Å²) in [7, 11) is 0. The third kappa shape index (κ3) is 7.50. The molecule has 4 saturated carbocycles. The number of quaternary nitrogens is 1. The quantitative estimate of drug-likeness (QED) is 0.272. The van der Waals surface area contributed by atoms with Crippen LogP contribution in [0, 0.1) is 46.3 Å². The molecule has 5 fully saturated rings. The van der Waals surface area contributed by atoms with Crippen molar-refractivity contribution < 1.29 is 37.1 Å². The number of rotatable bonds is 10. The molecule has 5 aliphatic rings. The Bertz CT molecular complexity index is 1440. The second kappa shape index (κ2) is 15.9. The number of piperidine rings is 1. The molecule has 1 amide bonds. The number of para-hydroxylation sites is 1. The molecule has 0 unspecified atom stereocenters. The average Bonchev–Trinajstić information content (AvgIpc) is 3.48. The number of fused-ring (bicyclic) bond motifs is 5. The first-order valence-electron chi connectivity index (χ1n) is 20.3. The van der Waals surface area contributed by atoms with E-state index < -0.39 is 0 Å². The van der Waals surface area contributed by atoms with Gasteiger partial charge in [0.15, 0.2) is 0 Å². The summed E-state index contributed by atoms with van der Waals surface area (Å²) in [5.41, 5.74) is 2.66. The van der Waals surface area contributed by atoms with Crippen molar-refractivity contribution in [3.05, 3.63) is 66.2 Å². The minimum absolute atomic E-state index is 0. The van der Waals surface area contributed by atoms with Gasteiger partial charge in [-0.1, -0.05) is 69.3 Å². The Morgan fingerprint density at radius 3 is 2.27 bits per heavy atom. The maximum atomic E-state index is 13.4. The van der Waals surface area contributed by atoms with E-state index in [9.17, 15) is 20.1 Å². The maximum absolute atomic E-state index is 13.4. The van der Waals surface area contributed by atoms with Gasteiger partial charge in [-0.15, -0.1) is 0 Å². The highest BCUT2D eigenvalue weighted by Gasteiger charge is 2.65. The van der Waals surface area contributed by atoms with Crippen LogP contribution < -0.4 is 26.8 Å². The van der Waals surface area contributed by atoms with Gasteiger partial charge in [0.25, 0.3) is 0 Å². The first-order chi connectivity index (χ1) is 24.0. The molecular weight excluding hydrogens is 700 g/mol. The lowest BCUT2D eigenvalue weighted by molar-refractivity contribution is -0.207. The highest BCUT2D eigenvalue weighted by molar-refractivity contribution is 5.76. The molecule has 7 heteroatoms. The van der Waals surface area contributed by atoms with E-state index >= 15 is 0 Å². The summed E-state index contributed by atoms with van der Waals surface area (Å²) in [6.45, 7) is 10.2. The summed E-state index contributed by atoms with van der Waals surface area (Å²) in [6.07, 6.45) is 11.0. The van der Waals surface area contributed by atoms with Crippen molar-refractivity contribution in [3.8, 4) is 0 Å². The molecule has 7 rings (SSSR count). The van der Waals surface area contributed by atoms with Gasteiger partial charge in [0, 0.05) is 31.7 Å². The average molecular weight is 766 g/mol. The van der Waals surface area contributed by atoms with Gasteiger partial charge < -0.3 is 37.6 Å². The number of hydrogen-bond acceptors (Lipinski definition) is 4. The number of likely N-dealkylation sites (tertiary alicyclic amines) is 1. The first-order valence-corrected chi connectivity index (χ1v) is 20.3. The van der Waals surface area contributed by atoms with Crippen molar-refractivity contribution in [2.75, 3.05) is 19.6 Å². The fraction of sp³-hybridized carbons (Fsp3) is 0.705. The van der Waals surface area contributed by atoms with E-state index in [1.54, 1.807) is 0 Å². The third-order valence-corrected chi connectivity index (χ3v) is 15.7. The van der Waals surface area contributed by atoms with Crippen LogP contribution in [0.2, 0.25) is 0 Å². The first kappa shape index (κ1) is 38.9. The minimum atomic E-state index is -0.384. The Morgan fingerprint density at radius 2 is 1.57 bits per heavy atom. The van der Waals surface area contributed by atoms with Gasteiger partial charge >= 0.3 is 0 Å². The molecule has 1 aliphatic heterocycles. The van der Waals surface area contributed by atoms with Crippen molar-refractivity contribution in [1.82, 2.24) is 9.80 Å². The molecule has 1 saturated heterocycles. The predicted molar refractivity (Wildman–Crippen MR) is 201 cm³/mol. The van der Waals surface area contributed by atoms with E-state index in [1.807, 2.05) is 0 Å². The molecule has 282 valence electrons. The van der Waals surface area contributed by atoms with Crippen LogP contribution in [0.5, 0.6) is 0 Å². The van der Waals surface area contributed by atoms with Crippen LogP contribution in [-0.2, 0) is 11.2 Å². The van der Waals surface area contributed by atoms with E-state index in [0.717, 1.165) is 101 Å². The Balaban J connectivity index is 0.00000448. The zero-order valence-electron chi connectivity index (χ0n) is 31.4. The predicted octanol–water partition coefficient (Wildman–Crippen LogP) is 4.29. The Kier molecular flexibility index (Phi) is 12.1. The van der Waals surface area contributed by atoms with Gasteiger partial charge in [-0.25, -0.2) is 0 Å². The standard InChI is InChI=1S/C44H64N2O4.BrH/c1-30(36-17-18-37-42-38(29-40(49)44(36,37)3)43(2)23-20-35(47)27-32(43)28-39(42)48)16-19-41(50)45-33-21-25-46(26-22-33,34-14-8-5-9-15-34)24-10-13-31-11-6-4-7-12-31;/h4-9,11-12,14-15,30,32-33,35-40,42,47-49H,10,13,16-29H2,1-3H3;1H/t30-,32+,33?,35-,36-,37+,38+,39-,40+,42+,43+,44-,46?;/m1./s1. The molecule has 0 spiro atoms. The summed E-state index contributed by atoms with van der Waals surface area (Å²) in [6, 6.07) is 22.0. The number of carbonyl (C=O) groups is 1. The number of hydrogen-bond donors (Lipinski definition) is 4. The van der Waals surface area contributed by atoms with Gasteiger partial charge in [-0.3, -0.25) is 9.28 Å². The molecule has 11 atom stereocenters. The number of aliphatic hydroxyl groups is 3. The largest absolute Gasteiger partial charge is 1.00 e. The van der Waals surface area contributed by atoms with Crippen molar-refractivity contribution in [2.24, 2.45) is 46.3 Å². The number of aryl methyl sites for hydroxylation is 1. The van der Waals surface area contributed by atoms with Crippen molar-refractivity contribution >= 4 is 11.6 Å². The summed E-state index contributed by atoms with van der Waals surface area (Å²) in [5.74, 6) is 2.07. The highest BCUT2D eigenvalue weighted by Crippen LogP contribution is 2.68. The molecule has 4 N–H and O–H groups in total. The van der Waals surface area contributed by atoms with E-state index in [-0.39, 0.29) is 64.0 Å². The molecule has 0 bridgehead atoms. The lowest BCUT2D eigenvalue weighted by atomic mass is 9.43. The molecule has 2 aromatic carbocycles. The highest BCUT2D eigenvalue weighted by atomic mass is 79.9. The topological polar surface area (TPSA) is 89.8 Å². The maximum Gasteiger partial charge on any atom is 0.220 e. The van der Waals surface area contributed by atoms with Crippen LogP contribution in [0.25, 0.3) is 0 Å². The summed E-state index contributed by atoms with van der Waals surface area (Å²) < 4.78 is 0.999. The van der Waals surface area contributed by atoms with E-state index in [4.69, 9.17) is 0 Å². The molecule has 0 radical (unpaired) electrons. The van der Waals surface area contributed by atoms with Crippen molar-refractivity contribution in [1.29, 1.82) is 0 Å². The second-order valence-corrected chi connectivity index (χ2v) is 18.1. The van der Waals surface area contributed by atoms with Crippen molar-refractivity contribution in [2.45, 2.75) is 129 Å². The molecule has 0 aromatic heterocycles. The lowest BCUT2D eigenvalue weighted by Crippen LogP contribution is -3.00. The number of nitrogens with zero attached hydrogens (tertiary/aromatic N) is 1. The van der Waals surface area contributed by atoms with Gasteiger partial charge in [0.05, 0.1) is 37.9 Å². The van der Waals surface area contributed by atoms with Gasteiger partial charge in [-0.2, -0.15) is 0 Å². The minimum Gasteiger partial charge on any atom is -1.00 e. The van der Waals surface area contributed by atoms with Gasteiger partial charge in [0.2, 0.25) is 5.91 Å². The van der Waals surface area contributed by atoms with Crippen LogP contribution in [0.4, 0.5) is 5.69 Å². The van der Waals surface area contributed by atoms with Gasteiger partial charge in [0.1, 0.15) is 5.69 Å². The Morgan fingerprint density at radius 1 is 0.882 bits per heavy atom. The van der Waals surface area contributed by atoms with Crippen LogP contribution in [-0.4, -0.2) is 65.2 Å². The van der Waals surface area contributed by atoms with Crippen LogP contribution in [0.1, 0.15) is 103 Å². The fourth-order valence-electron chi connectivity index (χ4n) is 12.8. The molecule has 2 aromatic rings. The number of carbonyl (C=O) groups excluding carboxylic acids is 1. The summed E-state index contributed by atoms with van der Waals surface area (Å²) in [5, 5.41) is 37.4. The number of amides is 1. The second-order valence-electron chi connectivity index (χ2n) is 18.1. The zero-order chi connectivity index (χ0) is 35.1. The summed E-state index contributed by atoms with van der Waals surface area (Å²) >= 11 is 0. The van der Waals surface area contributed by atoms with Crippen molar-refractivity contribution in [3.63, 3.8) is 0 Å². The molecule has 6 nitrogen and oxygen atoms in total. The molecule has 4 aliphatic carbocycles. The number of benzene rings is 2. The normalized spacial score (nSPS) is 40.9. The third-order valence-electron chi connectivity index (χ3n) is 15.7. The number of halogens is 1. The monoisotopic (exact) mass is 764 g/mol. The van der Waals surface area contributed by atoms with E-state index in [1.165, 1.54) is 11.3 Å². The zero-order valence-corrected chi connectivity index (χ0v) is 33.0. The fourth-order valence-corrected chi connectivity index (χ4v) is 12.8. The SMILES string of the molecule is C[C@H](CCC(=O)NC1CC[N+](CCCc2ccccc2)(c2ccccc2)CC1)[C@H]1CC[C@H]2[C@@H]3[C@H](O)C[C@@H]4C[C@H](O)CC[C@]4(C)[C@H]3C[C@H](O)[C@]12C.[Br-]. The summed E-state index contributed by atoms with van der Waals surface area (Å²) in [4.78, 5) is 13.4. The Labute approximate surface area is 318 Å². The molecule has 1 heterocycles. The van der Waals surface area contributed by atoms with Gasteiger partial charge in [-0.05, 0) is 122 Å². The van der Waals surface area contributed by atoms with Crippen LogP contribution in [0.15, 0.2) is 60.7 Å². The van der Waals surface area contributed by atoms with Crippen LogP contribution in [0.3, 0.4) is 0 Å². The number of nitrogens with one attached hydrogen (secondary N) is 1. The smallest absolute Gasteiger partial charge is 0.220 e. The molecular formula is C44H65BrN2O4. The molecule has 51 heavy (non-hydrogen) atoms. The van der Waals surface area contributed by atoms with Crippen LogP contribution >= 0.6 is 0 Å².